The molecule has 2 aromatic carbocycles. The summed E-state index contributed by atoms with van der Waals surface area (Å²) in [7, 11) is 3.19. The quantitative estimate of drug-likeness (QED) is 0.408. The summed E-state index contributed by atoms with van der Waals surface area (Å²) < 4.78 is 23.5. The zero-order chi connectivity index (χ0) is 17.1. The van der Waals surface area contributed by atoms with Crippen molar-refractivity contribution in [1.82, 2.24) is 0 Å². The number of hydrogen-bond acceptors (Lipinski definition) is 3. The summed E-state index contributed by atoms with van der Waals surface area (Å²) in [5, 5.41) is 3.05. The monoisotopic (exact) mass is 457 g/mol. The number of methoxy groups -OCH3 is 2. The Morgan fingerprint density at radius 3 is 2.52 bits per heavy atom. The van der Waals surface area contributed by atoms with E-state index < -0.39 is 0 Å². The Hall–Kier alpha value is -2.03. The lowest BCUT2D eigenvalue weighted by Gasteiger charge is -2.12. The van der Waals surface area contributed by atoms with Gasteiger partial charge in [0, 0.05) is 12.0 Å². The van der Waals surface area contributed by atoms with Crippen LogP contribution in [0.5, 0.6) is 11.5 Å². The fourth-order valence-corrected chi connectivity index (χ4v) is 2.65. The summed E-state index contributed by atoms with van der Waals surface area (Å²) in [6.07, 6.45) is 0.906. The van der Waals surface area contributed by atoms with E-state index in [1.807, 2.05) is 6.07 Å². The third-order valence-corrected chi connectivity index (χ3v) is 4.03. The standard InChI is InChI=1S/C18H20FN3O2.HI/c1-23-13-7-8-17(24-2)16(9-13)22-18(20)21-15-10-14(15)11-3-5-12(19)6-4-11;/h3-9,14-15H,10H2,1-2H3,(H3,20,21,22);1H/t14-,15+;/m0./s1. The lowest BCUT2D eigenvalue weighted by atomic mass is 10.1. The van der Waals surface area contributed by atoms with E-state index in [1.165, 1.54) is 12.1 Å². The van der Waals surface area contributed by atoms with Crippen molar-refractivity contribution in [3.63, 3.8) is 0 Å². The van der Waals surface area contributed by atoms with Crippen molar-refractivity contribution < 1.29 is 13.9 Å². The molecule has 3 N–H and O–H groups in total. The molecule has 1 fully saturated rings. The van der Waals surface area contributed by atoms with Crippen LogP contribution >= 0.6 is 24.0 Å². The molecule has 0 aromatic heterocycles. The highest BCUT2D eigenvalue weighted by molar-refractivity contribution is 14.0. The van der Waals surface area contributed by atoms with Crippen LogP contribution in [0.25, 0.3) is 0 Å². The number of nitrogens with zero attached hydrogens (tertiary/aromatic N) is 1. The number of guanidine groups is 1. The summed E-state index contributed by atoms with van der Waals surface area (Å²) in [6.45, 7) is 0. The lowest BCUT2D eigenvalue weighted by molar-refractivity contribution is 0.405. The van der Waals surface area contributed by atoms with Crippen LogP contribution in [0.4, 0.5) is 10.1 Å². The fraction of sp³-hybridized carbons (Fsp3) is 0.278. The Labute approximate surface area is 163 Å². The van der Waals surface area contributed by atoms with E-state index in [-0.39, 0.29) is 41.8 Å². The number of ether oxygens (including phenoxy) is 2. The Balaban J connectivity index is 0.00000225. The van der Waals surface area contributed by atoms with Crippen molar-refractivity contribution in [2.45, 2.75) is 18.4 Å². The highest BCUT2D eigenvalue weighted by Crippen LogP contribution is 2.43. The second-order valence-electron chi connectivity index (χ2n) is 5.67. The van der Waals surface area contributed by atoms with Gasteiger partial charge >= 0.3 is 0 Å². The number of halogens is 2. The van der Waals surface area contributed by atoms with Crippen molar-refractivity contribution >= 4 is 35.6 Å². The molecule has 3 rings (SSSR count). The van der Waals surface area contributed by atoms with Gasteiger partial charge in [-0.05, 0) is 36.2 Å². The molecule has 5 nitrogen and oxygen atoms in total. The topological polar surface area (TPSA) is 68.9 Å². The Bertz CT molecular complexity index is 752. The summed E-state index contributed by atoms with van der Waals surface area (Å²) in [5.74, 6) is 1.72. The minimum atomic E-state index is -0.231. The molecule has 0 radical (unpaired) electrons. The maximum absolute atomic E-state index is 13.0. The largest absolute Gasteiger partial charge is 0.497 e. The molecule has 0 saturated heterocycles. The van der Waals surface area contributed by atoms with Gasteiger partial charge < -0.3 is 20.5 Å². The maximum Gasteiger partial charge on any atom is 0.193 e. The second kappa shape index (κ2) is 8.37. The van der Waals surface area contributed by atoms with Gasteiger partial charge in [0.1, 0.15) is 17.3 Å². The SMILES string of the molecule is COc1ccc(OC)c(NC(N)=N[C@@H]2C[C@H]2c2ccc(F)cc2)c1.I. The van der Waals surface area contributed by atoms with Gasteiger partial charge in [-0.25, -0.2) is 9.38 Å². The van der Waals surface area contributed by atoms with Gasteiger partial charge in [-0.3, -0.25) is 0 Å². The third-order valence-electron chi connectivity index (χ3n) is 4.03. The zero-order valence-electron chi connectivity index (χ0n) is 14.0. The van der Waals surface area contributed by atoms with E-state index in [2.05, 4.69) is 10.3 Å². The van der Waals surface area contributed by atoms with Crippen LogP contribution in [0.1, 0.15) is 17.9 Å². The molecular formula is C18H21FIN3O2. The fourth-order valence-electron chi connectivity index (χ4n) is 2.65. The van der Waals surface area contributed by atoms with Crippen LogP contribution in [-0.4, -0.2) is 26.2 Å². The third kappa shape index (κ3) is 4.75. The number of nitrogens with two attached hydrogens (primary N) is 1. The molecule has 1 saturated carbocycles. The average molecular weight is 457 g/mol. The number of hydrogen-bond donors (Lipinski definition) is 2. The van der Waals surface area contributed by atoms with Gasteiger partial charge in [0.25, 0.3) is 0 Å². The van der Waals surface area contributed by atoms with Gasteiger partial charge in [-0.15, -0.1) is 24.0 Å². The smallest absolute Gasteiger partial charge is 0.193 e. The first kappa shape index (κ1) is 19.3. The van der Waals surface area contributed by atoms with E-state index >= 15 is 0 Å². The molecule has 0 amide bonds. The van der Waals surface area contributed by atoms with Crippen LogP contribution in [0.3, 0.4) is 0 Å². The Morgan fingerprint density at radius 2 is 1.88 bits per heavy atom. The number of rotatable bonds is 5. The van der Waals surface area contributed by atoms with E-state index in [0.717, 1.165) is 12.0 Å². The Kier molecular flexibility index (Phi) is 6.46. The minimum absolute atomic E-state index is 0. The first-order valence-electron chi connectivity index (χ1n) is 7.68. The summed E-state index contributed by atoms with van der Waals surface area (Å²) in [4.78, 5) is 4.49. The van der Waals surface area contributed by atoms with Crippen LogP contribution in [0.2, 0.25) is 0 Å². The second-order valence-corrected chi connectivity index (χ2v) is 5.67. The molecule has 1 aliphatic rings. The van der Waals surface area contributed by atoms with Crippen molar-refractivity contribution in [3.8, 4) is 11.5 Å². The molecule has 1 aliphatic carbocycles. The predicted molar refractivity (Wildman–Crippen MR) is 108 cm³/mol. The maximum atomic E-state index is 13.0. The molecule has 2 atom stereocenters. The first-order chi connectivity index (χ1) is 11.6. The molecular weight excluding hydrogens is 436 g/mol. The Morgan fingerprint density at radius 1 is 1.16 bits per heavy atom. The number of aliphatic imine (C=N–C) groups is 1. The van der Waals surface area contributed by atoms with Crippen molar-refractivity contribution in [1.29, 1.82) is 0 Å². The molecule has 0 spiro atoms. The van der Waals surface area contributed by atoms with Gasteiger partial charge in [0.15, 0.2) is 5.96 Å². The number of benzene rings is 2. The molecule has 7 heteroatoms. The minimum Gasteiger partial charge on any atom is -0.497 e. The number of nitrogens with one attached hydrogen (secondary N) is 1. The van der Waals surface area contributed by atoms with Crippen molar-refractivity contribution in [2.75, 3.05) is 19.5 Å². The molecule has 2 aromatic rings. The molecule has 0 heterocycles. The van der Waals surface area contributed by atoms with Crippen molar-refractivity contribution in [2.24, 2.45) is 10.7 Å². The van der Waals surface area contributed by atoms with Gasteiger partial charge in [-0.1, -0.05) is 12.1 Å². The molecule has 0 bridgehead atoms. The first-order valence-corrected chi connectivity index (χ1v) is 7.68. The average Bonchev–Trinajstić information content (AvgIpc) is 3.34. The molecule has 0 aliphatic heterocycles. The highest BCUT2D eigenvalue weighted by Gasteiger charge is 2.38. The summed E-state index contributed by atoms with van der Waals surface area (Å²) in [5.41, 5.74) is 7.78. The normalized spacial score (nSPS) is 18.9. The van der Waals surface area contributed by atoms with Crippen molar-refractivity contribution in [3.05, 3.63) is 53.8 Å². The van der Waals surface area contributed by atoms with Crippen LogP contribution in [-0.2, 0) is 0 Å². The summed E-state index contributed by atoms with van der Waals surface area (Å²) >= 11 is 0. The lowest BCUT2D eigenvalue weighted by Crippen LogP contribution is -2.23. The van der Waals surface area contributed by atoms with E-state index in [4.69, 9.17) is 15.2 Å². The summed E-state index contributed by atoms with van der Waals surface area (Å²) in [6, 6.07) is 12.0. The van der Waals surface area contributed by atoms with E-state index in [1.54, 1.807) is 38.5 Å². The molecule has 25 heavy (non-hydrogen) atoms. The van der Waals surface area contributed by atoms with E-state index in [9.17, 15) is 4.39 Å². The molecule has 0 unspecified atom stereocenters. The van der Waals surface area contributed by atoms with Gasteiger partial charge in [0.2, 0.25) is 0 Å². The van der Waals surface area contributed by atoms with Crippen LogP contribution in [0.15, 0.2) is 47.5 Å². The molecule has 134 valence electrons. The van der Waals surface area contributed by atoms with Gasteiger partial charge in [-0.2, -0.15) is 0 Å². The predicted octanol–water partition coefficient (Wildman–Crippen LogP) is 3.74. The highest BCUT2D eigenvalue weighted by atomic mass is 127. The van der Waals surface area contributed by atoms with Crippen LogP contribution in [0, 0.1) is 5.82 Å². The van der Waals surface area contributed by atoms with Crippen LogP contribution < -0.4 is 20.5 Å². The zero-order valence-corrected chi connectivity index (χ0v) is 16.4. The van der Waals surface area contributed by atoms with Gasteiger partial charge in [0.05, 0.1) is 25.9 Å². The van der Waals surface area contributed by atoms with E-state index in [0.29, 0.717) is 23.1 Å². The number of anilines is 1.